The highest BCUT2D eigenvalue weighted by atomic mass is 16.5. The SMILES string of the molecule is CCc1ccc(N2C[C@H](C(=O)Nc3cccc(OC(C)C)c3)CC2=O)cc1. The number of nitrogens with zero attached hydrogens (tertiary/aromatic N) is 1. The standard InChI is InChI=1S/C22H26N2O3/c1-4-16-8-10-19(11-9-16)24-14-17(12-21(24)25)22(26)23-18-6-5-7-20(13-18)27-15(2)3/h5-11,13,15,17H,4,12,14H2,1-3H3,(H,23,26)/t17-/m1/s1. The molecule has 0 bridgehead atoms. The number of carbonyl (C=O) groups is 2. The minimum atomic E-state index is -0.363. The molecule has 1 saturated heterocycles. The Kier molecular flexibility index (Phi) is 5.79. The van der Waals surface area contributed by atoms with Crippen LogP contribution >= 0.6 is 0 Å². The Morgan fingerprint density at radius 2 is 1.96 bits per heavy atom. The van der Waals surface area contributed by atoms with E-state index in [4.69, 9.17) is 4.74 Å². The van der Waals surface area contributed by atoms with Gasteiger partial charge in [0, 0.05) is 30.4 Å². The minimum Gasteiger partial charge on any atom is -0.491 e. The van der Waals surface area contributed by atoms with Gasteiger partial charge in [0.2, 0.25) is 11.8 Å². The predicted molar refractivity (Wildman–Crippen MR) is 107 cm³/mol. The summed E-state index contributed by atoms with van der Waals surface area (Å²) in [7, 11) is 0. The van der Waals surface area contributed by atoms with Crippen LogP contribution in [-0.4, -0.2) is 24.5 Å². The molecule has 1 heterocycles. The van der Waals surface area contributed by atoms with Gasteiger partial charge in [0.15, 0.2) is 0 Å². The van der Waals surface area contributed by atoms with Crippen molar-refractivity contribution in [2.24, 2.45) is 5.92 Å². The van der Waals surface area contributed by atoms with Gasteiger partial charge in [-0.25, -0.2) is 0 Å². The summed E-state index contributed by atoms with van der Waals surface area (Å²) in [4.78, 5) is 26.7. The van der Waals surface area contributed by atoms with Gasteiger partial charge >= 0.3 is 0 Å². The number of ether oxygens (including phenoxy) is 1. The number of nitrogens with one attached hydrogen (secondary N) is 1. The fourth-order valence-corrected chi connectivity index (χ4v) is 3.21. The maximum Gasteiger partial charge on any atom is 0.229 e. The van der Waals surface area contributed by atoms with Crippen LogP contribution in [0.2, 0.25) is 0 Å². The summed E-state index contributed by atoms with van der Waals surface area (Å²) in [6.07, 6.45) is 1.25. The lowest BCUT2D eigenvalue weighted by Crippen LogP contribution is -2.28. The van der Waals surface area contributed by atoms with Gasteiger partial charge in [0.25, 0.3) is 0 Å². The first kappa shape index (κ1) is 19.0. The molecule has 0 radical (unpaired) electrons. The fraction of sp³-hybridized carbons (Fsp3) is 0.364. The predicted octanol–water partition coefficient (Wildman–Crippen LogP) is 4.03. The molecule has 1 atom stereocenters. The first-order valence-electron chi connectivity index (χ1n) is 9.43. The van der Waals surface area contributed by atoms with Gasteiger partial charge in [0.05, 0.1) is 12.0 Å². The number of hydrogen-bond donors (Lipinski definition) is 1. The number of carbonyl (C=O) groups excluding carboxylic acids is 2. The zero-order chi connectivity index (χ0) is 19.4. The lowest BCUT2D eigenvalue weighted by Gasteiger charge is -2.17. The molecule has 5 heteroatoms. The van der Waals surface area contributed by atoms with Crippen LogP contribution in [0.15, 0.2) is 48.5 Å². The highest BCUT2D eigenvalue weighted by molar-refractivity contribution is 6.03. The number of anilines is 2. The first-order chi connectivity index (χ1) is 13.0. The molecular weight excluding hydrogens is 340 g/mol. The van der Waals surface area contributed by atoms with E-state index in [1.165, 1.54) is 5.56 Å². The van der Waals surface area contributed by atoms with Crippen LogP contribution in [0.25, 0.3) is 0 Å². The van der Waals surface area contributed by atoms with E-state index in [0.29, 0.717) is 18.0 Å². The number of hydrogen-bond acceptors (Lipinski definition) is 3. The van der Waals surface area contributed by atoms with Gasteiger partial charge in [-0.2, -0.15) is 0 Å². The van der Waals surface area contributed by atoms with E-state index in [9.17, 15) is 9.59 Å². The van der Waals surface area contributed by atoms with Crippen LogP contribution in [0.5, 0.6) is 5.75 Å². The second-order valence-electron chi connectivity index (χ2n) is 7.11. The summed E-state index contributed by atoms with van der Waals surface area (Å²) in [6.45, 7) is 6.41. The van der Waals surface area contributed by atoms with Crippen molar-refractivity contribution >= 4 is 23.2 Å². The number of benzene rings is 2. The molecule has 1 fully saturated rings. The van der Waals surface area contributed by atoms with Gasteiger partial charge in [-0.05, 0) is 50.1 Å². The van der Waals surface area contributed by atoms with E-state index in [1.54, 1.807) is 11.0 Å². The molecule has 3 rings (SSSR count). The van der Waals surface area contributed by atoms with Crippen molar-refractivity contribution in [1.29, 1.82) is 0 Å². The zero-order valence-corrected chi connectivity index (χ0v) is 16.1. The Bertz CT molecular complexity index is 815. The number of amides is 2. The van der Waals surface area contributed by atoms with Gasteiger partial charge in [0.1, 0.15) is 5.75 Å². The molecule has 0 aliphatic carbocycles. The molecule has 0 saturated carbocycles. The lowest BCUT2D eigenvalue weighted by molar-refractivity contribution is -0.122. The Labute approximate surface area is 160 Å². The summed E-state index contributed by atoms with van der Waals surface area (Å²) in [6, 6.07) is 15.3. The van der Waals surface area contributed by atoms with Gasteiger partial charge in [-0.1, -0.05) is 25.1 Å². The molecule has 2 aromatic carbocycles. The number of aryl methyl sites for hydroxylation is 1. The van der Waals surface area contributed by atoms with Crippen LogP contribution in [0.3, 0.4) is 0 Å². The average molecular weight is 366 g/mol. The van der Waals surface area contributed by atoms with Crippen molar-refractivity contribution < 1.29 is 14.3 Å². The summed E-state index contributed by atoms with van der Waals surface area (Å²) >= 11 is 0. The van der Waals surface area contributed by atoms with Crippen LogP contribution in [0.1, 0.15) is 32.8 Å². The summed E-state index contributed by atoms with van der Waals surface area (Å²) in [5, 5.41) is 2.91. The third-order valence-electron chi connectivity index (χ3n) is 4.63. The van der Waals surface area contributed by atoms with Gasteiger partial charge in [-0.15, -0.1) is 0 Å². The maximum atomic E-state index is 12.6. The smallest absolute Gasteiger partial charge is 0.229 e. The van der Waals surface area contributed by atoms with E-state index in [0.717, 1.165) is 12.1 Å². The third kappa shape index (κ3) is 4.67. The third-order valence-corrected chi connectivity index (χ3v) is 4.63. The molecule has 5 nitrogen and oxygen atoms in total. The quantitative estimate of drug-likeness (QED) is 0.840. The van der Waals surface area contributed by atoms with Gasteiger partial charge in [-0.3, -0.25) is 9.59 Å². The van der Waals surface area contributed by atoms with E-state index < -0.39 is 0 Å². The van der Waals surface area contributed by atoms with Crippen molar-refractivity contribution in [3.63, 3.8) is 0 Å². The molecule has 0 unspecified atom stereocenters. The fourth-order valence-electron chi connectivity index (χ4n) is 3.21. The Morgan fingerprint density at radius 3 is 2.63 bits per heavy atom. The zero-order valence-electron chi connectivity index (χ0n) is 16.1. The summed E-state index contributed by atoms with van der Waals surface area (Å²) in [5.41, 5.74) is 2.75. The minimum absolute atomic E-state index is 0.0173. The molecule has 142 valence electrons. The Balaban J connectivity index is 1.65. The van der Waals surface area contributed by atoms with Crippen LogP contribution < -0.4 is 15.0 Å². The molecule has 1 N–H and O–H groups in total. The van der Waals surface area contributed by atoms with Crippen molar-refractivity contribution in [2.45, 2.75) is 39.7 Å². The maximum absolute atomic E-state index is 12.6. The summed E-state index contributed by atoms with van der Waals surface area (Å²) < 4.78 is 5.66. The second kappa shape index (κ2) is 8.25. The number of rotatable bonds is 6. The van der Waals surface area contributed by atoms with Crippen molar-refractivity contribution in [1.82, 2.24) is 0 Å². The second-order valence-corrected chi connectivity index (χ2v) is 7.11. The van der Waals surface area contributed by atoms with E-state index >= 15 is 0 Å². The normalized spacial score (nSPS) is 16.7. The summed E-state index contributed by atoms with van der Waals surface area (Å²) in [5.74, 6) is 0.190. The molecule has 2 aromatic rings. The Hall–Kier alpha value is -2.82. The van der Waals surface area contributed by atoms with Crippen LogP contribution in [0.4, 0.5) is 11.4 Å². The lowest BCUT2D eigenvalue weighted by atomic mass is 10.1. The largest absolute Gasteiger partial charge is 0.491 e. The molecule has 0 spiro atoms. The molecule has 1 aliphatic rings. The Morgan fingerprint density at radius 1 is 1.22 bits per heavy atom. The van der Waals surface area contributed by atoms with Crippen molar-refractivity contribution in [3.05, 3.63) is 54.1 Å². The topological polar surface area (TPSA) is 58.6 Å². The van der Waals surface area contributed by atoms with E-state index in [-0.39, 0.29) is 30.3 Å². The van der Waals surface area contributed by atoms with E-state index in [1.807, 2.05) is 56.3 Å². The average Bonchev–Trinajstić information content (AvgIpc) is 3.03. The highest BCUT2D eigenvalue weighted by Crippen LogP contribution is 2.27. The molecule has 2 amide bonds. The monoisotopic (exact) mass is 366 g/mol. The van der Waals surface area contributed by atoms with Crippen molar-refractivity contribution in [3.8, 4) is 5.75 Å². The van der Waals surface area contributed by atoms with Gasteiger partial charge < -0.3 is 15.0 Å². The molecular formula is C22H26N2O3. The van der Waals surface area contributed by atoms with Crippen LogP contribution in [-0.2, 0) is 16.0 Å². The van der Waals surface area contributed by atoms with Crippen LogP contribution in [0, 0.1) is 5.92 Å². The molecule has 0 aromatic heterocycles. The molecule has 1 aliphatic heterocycles. The van der Waals surface area contributed by atoms with E-state index in [2.05, 4.69) is 12.2 Å². The first-order valence-corrected chi connectivity index (χ1v) is 9.43. The molecule has 27 heavy (non-hydrogen) atoms. The highest BCUT2D eigenvalue weighted by Gasteiger charge is 2.35. The van der Waals surface area contributed by atoms with Crippen molar-refractivity contribution in [2.75, 3.05) is 16.8 Å².